The van der Waals surface area contributed by atoms with Crippen molar-refractivity contribution >= 4 is 97.3 Å². The van der Waals surface area contributed by atoms with E-state index < -0.39 is 135 Å². The van der Waals surface area contributed by atoms with Crippen molar-refractivity contribution in [2.45, 2.75) is 32.3 Å². The minimum absolute atomic E-state index is 0.515. The number of aliphatic hydroxyl groups excluding tert-OH is 1. The van der Waals surface area contributed by atoms with Crippen molar-refractivity contribution in [3.8, 4) is 0 Å². The van der Waals surface area contributed by atoms with Crippen LogP contribution in [0.5, 0.6) is 0 Å². The first-order valence-electron chi connectivity index (χ1n) is 11.6. The van der Waals surface area contributed by atoms with Crippen molar-refractivity contribution in [3.05, 3.63) is 35.9 Å². The summed E-state index contributed by atoms with van der Waals surface area (Å²) in [5, 5.41) is 6.13. The fourth-order valence-corrected chi connectivity index (χ4v) is 16.3. The molecule has 0 saturated carbocycles. The van der Waals surface area contributed by atoms with Gasteiger partial charge in [0, 0.05) is 6.42 Å². The Morgan fingerprint density at radius 3 is 1.11 bits per heavy atom. The summed E-state index contributed by atoms with van der Waals surface area (Å²) < 4.78 is 328. The molecule has 0 amide bonds. The van der Waals surface area contributed by atoms with Gasteiger partial charge >= 0.3 is 112 Å². The highest BCUT2D eigenvalue weighted by Gasteiger charge is 2.98. The number of hydrogen-bond donors (Lipinski definition) is 10. The molecule has 0 radical (unpaired) electrons. The summed E-state index contributed by atoms with van der Waals surface area (Å²) in [7, 11) is -75.3. The number of carbonyl (C=O) groups is 1. The highest BCUT2D eigenvalue weighted by atomic mass is 32.3. The van der Waals surface area contributed by atoms with E-state index in [2.05, 4.69) is 16.7 Å². The molecule has 0 aliphatic rings. The molecule has 42 heteroatoms. The zero-order valence-corrected chi connectivity index (χ0v) is 32.1. The van der Waals surface area contributed by atoms with E-state index in [0.29, 0.717) is 12.1 Å². The fraction of sp³-hybridized carbons (Fsp3) is 0.462. The van der Waals surface area contributed by atoms with Crippen LogP contribution < -0.4 is 0 Å². The van der Waals surface area contributed by atoms with E-state index in [1.807, 2.05) is 0 Å². The zero-order chi connectivity index (χ0) is 44.3. The van der Waals surface area contributed by atoms with E-state index >= 15 is 0 Å². The van der Waals surface area contributed by atoms with Gasteiger partial charge in [0.1, 0.15) is 6.10 Å². The van der Waals surface area contributed by atoms with Crippen LogP contribution >= 0.6 is 0 Å². The average Bonchev–Trinajstić information content (AvgIpc) is 2.87. The quantitative estimate of drug-likeness (QED) is 0.0576. The first kappa shape index (κ1) is 50.9. The van der Waals surface area contributed by atoms with Crippen molar-refractivity contribution in [1.29, 1.82) is 0 Å². The number of aliphatic hydroxyl groups is 1. The summed E-state index contributed by atoms with van der Waals surface area (Å²) in [5.41, 5.74) is -1.00. The second-order valence-electron chi connectivity index (χ2n) is 9.43. The van der Waals surface area contributed by atoms with Gasteiger partial charge in [-0.3, -0.25) is 45.8 Å². The third-order valence-electron chi connectivity index (χ3n) is 5.91. The van der Waals surface area contributed by atoms with Crippen LogP contribution in [0.25, 0.3) is 0 Å². The van der Waals surface area contributed by atoms with Crippen LogP contribution in [0.4, 0.5) is 0 Å². The van der Waals surface area contributed by atoms with Gasteiger partial charge in [-0.25, -0.2) is 16.7 Å². The normalized spacial score (nSPS) is 19.5. The van der Waals surface area contributed by atoms with Crippen molar-refractivity contribution in [1.82, 2.24) is 0 Å². The number of hydrogen-bond acceptors (Lipinski definition) is 24. The van der Waals surface area contributed by atoms with Gasteiger partial charge < -0.3 is 5.11 Å². The predicted octanol–water partition coefficient (Wildman–Crippen LogP) is -6.38. The second kappa shape index (κ2) is 14.9. The van der Waals surface area contributed by atoms with Gasteiger partial charge in [-0.2, -0.15) is 75.8 Å². The van der Waals surface area contributed by atoms with Gasteiger partial charge in [0.15, 0.2) is 0 Å². The van der Waals surface area contributed by atoms with Crippen LogP contribution in [0.1, 0.15) is 5.56 Å². The molecule has 0 bridgehead atoms. The van der Waals surface area contributed by atoms with Gasteiger partial charge in [0.25, 0.3) is 4.93 Å². The molecule has 1 aromatic rings. The summed E-state index contributed by atoms with van der Waals surface area (Å²) in [5.74, 6) is 0. The molecule has 0 aromatic heterocycles. The molecule has 1 aromatic carbocycles. The van der Waals surface area contributed by atoms with Crippen molar-refractivity contribution in [3.63, 3.8) is 0 Å². The van der Waals surface area contributed by atoms with Crippen LogP contribution in [0.3, 0.4) is 0 Å². The molecule has 1 rings (SSSR count). The Labute approximate surface area is 307 Å². The highest BCUT2D eigenvalue weighted by molar-refractivity contribution is 8.05. The summed E-state index contributed by atoms with van der Waals surface area (Å²) in [6.07, 6.45) is -7.17. The van der Waals surface area contributed by atoms with E-state index in [1.54, 1.807) is 0 Å². The number of carbonyl (C=O) groups excluding carboxylic acids is 1. The van der Waals surface area contributed by atoms with E-state index in [0.717, 1.165) is 18.2 Å². The predicted molar refractivity (Wildman–Crippen MR) is 160 cm³/mol. The van der Waals surface area contributed by atoms with Crippen molar-refractivity contribution in [2.24, 2.45) is 0 Å². The van der Waals surface area contributed by atoms with Gasteiger partial charge in [-0.15, -0.1) is 0 Å². The molecule has 322 valence electrons. The van der Waals surface area contributed by atoms with Crippen LogP contribution in [0.15, 0.2) is 30.3 Å². The van der Waals surface area contributed by atoms with Gasteiger partial charge in [-0.05, 0) is 5.56 Å². The maximum atomic E-state index is 13.5. The minimum atomic E-state index is -9.18. The molecule has 0 saturated heterocycles. The van der Waals surface area contributed by atoms with Crippen molar-refractivity contribution < 1.29 is 143 Å². The highest BCUT2D eigenvalue weighted by Crippen LogP contribution is 2.60. The monoisotopic (exact) mass is 990 g/mol. The molecule has 0 aliphatic carbocycles. The standard InChI is InChI=1S/C13H18O33S9/c14-8(6-7-4-2-1-3-5-7)10(48(19,20)21,43-52(31,32)33)12(50(25,26)27,45-54(37,38)39)13(51(28,29)30,46-55(40,41)42)11(49(22,23)24,44-53(34,35)36)9(15)47(16,17)18/h1-5,8,14H,6H2,(H,16,17,18)(H,19,20,21)(H,22,23,24)(H,25,26,27)(H,28,29,30)(H,31,32,33)(H,34,35,36)(H,37,38,39)(H,40,41,42)/t8?,10?,11?,12-,13-/m0/s1. The summed E-state index contributed by atoms with van der Waals surface area (Å²) in [4.78, 5) is -18.1. The topological polar surface area (TPSA) is 564 Å². The molecule has 33 nitrogen and oxygen atoms in total. The van der Waals surface area contributed by atoms with Crippen LogP contribution in [0, 0.1) is 0 Å². The summed E-state index contributed by atoms with van der Waals surface area (Å²) >= 11 is 0. The smallest absolute Gasteiger partial charge is 0.388 e. The maximum Gasteiger partial charge on any atom is 0.399 e. The maximum absolute atomic E-state index is 13.5. The average molecular weight is 991 g/mol. The van der Waals surface area contributed by atoms with Crippen molar-refractivity contribution in [2.75, 3.05) is 0 Å². The lowest BCUT2D eigenvalue weighted by molar-refractivity contribution is -0.180. The lowest BCUT2D eigenvalue weighted by Gasteiger charge is -2.53. The molecule has 0 fully saturated rings. The Morgan fingerprint density at radius 1 is 0.491 bits per heavy atom. The molecule has 0 heterocycles. The molecule has 55 heavy (non-hydrogen) atoms. The largest absolute Gasteiger partial charge is 0.399 e. The molecule has 5 atom stereocenters. The summed E-state index contributed by atoms with van der Waals surface area (Å²) in [6, 6.07) is 3.54. The Bertz CT molecular complexity index is 2720. The third kappa shape index (κ3) is 9.78. The Hall–Kier alpha value is -2.12. The van der Waals surface area contributed by atoms with E-state index in [-0.39, 0.29) is 0 Å². The van der Waals surface area contributed by atoms with Crippen LogP contribution in [-0.4, -0.2) is 153 Å². The van der Waals surface area contributed by atoms with E-state index in [1.165, 1.54) is 0 Å². The molecule has 3 unspecified atom stereocenters. The Kier molecular flexibility index (Phi) is 13.8. The summed E-state index contributed by atoms with van der Waals surface area (Å²) in [6.45, 7) is 0. The number of rotatable bonds is 19. The second-order valence-corrected chi connectivity index (χ2v) is 21.0. The SMILES string of the molecule is O=C(C(OS(=O)(=O)O)([C@@](OS(=O)(=O)O)([C@](OS(=O)(=O)O)(C(OS(=O)(=O)O)(C(O)Cc1ccccc1)S(=O)(=O)O)S(=O)(=O)O)S(=O)(=O)O)S(=O)(=O)O)S(=O)(=O)O. The number of benzene rings is 1. The first-order chi connectivity index (χ1) is 23.7. The minimum Gasteiger partial charge on any atom is -0.388 e. The Balaban J connectivity index is 6.00. The van der Waals surface area contributed by atoms with Gasteiger partial charge in [0.2, 0.25) is 0 Å². The lowest BCUT2D eigenvalue weighted by Crippen LogP contribution is -2.89. The molecule has 0 aliphatic heterocycles. The first-order valence-corrected chi connectivity index (χ1v) is 24.2. The van der Waals surface area contributed by atoms with E-state index in [4.69, 9.17) is 0 Å². The van der Waals surface area contributed by atoms with E-state index in [9.17, 15) is 127 Å². The van der Waals surface area contributed by atoms with Crippen LogP contribution in [-0.2, 0) is 120 Å². The molecular formula is C13H18O33S9. The molecule has 0 spiro atoms. The Morgan fingerprint density at radius 2 is 0.836 bits per heavy atom. The van der Waals surface area contributed by atoms with Crippen LogP contribution in [0.2, 0.25) is 0 Å². The third-order valence-corrected chi connectivity index (χ3v) is 14.9. The zero-order valence-electron chi connectivity index (χ0n) is 24.7. The lowest BCUT2D eigenvalue weighted by atomic mass is 9.93. The fourth-order valence-electron chi connectivity index (χ4n) is 4.44. The van der Waals surface area contributed by atoms with Gasteiger partial charge in [-0.1, -0.05) is 30.3 Å². The molecule has 10 N–H and O–H groups in total. The van der Waals surface area contributed by atoms with Gasteiger partial charge in [0.05, 0.1) is 0 Å². The molecular weight excluding hydrogens is 973 g/mol.